The number of nitrogens with one attached hydrogen (secondary N) is 1. The Morgan fingerprint density at radius 3 is 1.74 bits per heavy atom. The molecule has 0 saturated heterocycles. The molecule has 0 spiro atoms. The van der Waals surface area contributed by atoms with Crippen molar-refractivity contribution < 1.29 is 8.78 Å². The molecule has 9 rings (SSSR count). The minimum Gasteiger partial charge on any atom is -0.308 e. The first-order chi connectivity index (χ1) is 26.2. The third-order valence-electron chi connectivity index (χ3n) is 10.9. The van der Waals surface area contributed by atoms with Gasteiger partial charge in [0.05, 0.1) is 33.5 Å². The minimum absolute atomic E-state index is 0.153. The van der Waals surface area contributed by atoms with Crippen molar-refractivity contribution in [3.8, 4) is 39.7 Å². The molecule has 54 heavy (non-hydrogen) atoms. The number of rotatable bonds is 5. The van der Waals surface area contributed by atoms with Crippen LogP contribution in [0.5, 0.6) is 0 Å². The SMILES string of the molecule is Cc1ccc2c(c1)c1c(n2-c2c(C#N)c(-c3ccccc3F)c(C=N)c(-n3c4ccc(C)cc4c4cc(C)ccc43)c2-c2ccccc2F)C=CC(C)C1. The number of allylic oxidation sites excluding steroid dienone is 1. The molecule has 0 saturated carbocycles. The molecule has 1 atom stereocenters. The first kappa shape index (κ1) is 33.3. The van der Waals surface area contributed by atoms with Gasteiger partial charge in [-0.15, -0.1) is 0 Å². The highest BCUT2D eigenvalue weighted by molar-refractivity contribution is 6.13. The summed E-state index contributed by atoms with van der Waals surface area (Å²) in [7, 11) is 0. The maximum absolute atomic E-state index is 16.7. The van der Waals surface area contributed by atoms with Crippen LogP contribution in [0.1, 0.15) is 46.0 Å². The van der Waals surface area contributed by atoms with E-state index in [0.29, 0.717) is 22.5 Å². The lowest BCUT2D eigenvalue weighted by Gasteiger charge is -2.27. The monoisotopic (exact) mass is 706 g/mol. The predicted molar refractivity (Wildman–Crippen MR) is 217 cm³/mol. The topological polar surface area (TPSA) is 57.5 Å². The van der Waals surface area contributed by atoms with E-state index in [0.717, 1.165) is 67.1 Å². The van der Waals surface area contributed by atoms with Gasteiger partial charge in [0, 0.05) is 55.9 Å². The molecule has 6 heteroatoms. The van der Waals surface area contributed by atoms with Gasteiger partial charge in [0.25, 0.3) is 0 Å². The van der Waals surface area contributed by atoms with Crippen molar-refractivity contribution >= 4 is 45.0 Å². The number of aryl methyl sites for hydroxylation is 3. The Morgan fingerprint density at radius 1 is 0.685 bits per heavy atom. The van der Waals surface area contributed by atoms with Gasteiger partial charge in [0.1, 0.15) is 17.7 Å². The van der Waals surface area contributed by atoms with E-state index in [-0.39, 0.29) is 28.2 Å². The smallest absolute Gasteiger partial charge is 0.131 e. The van der Waals surface area contributed by atoms with E-state index in [9.17, 15) is 5.26 Å². The Bertz CT molecular complexity index is 2910. The lowest BCUT2D eigenvalue weighted by atomic mass is 9.85. The van der Waals surface area contributed by atoms with Gasteiger partial charge in [-0.3, -0.25) is 0 Å². The zero-order chi connectivity index (χ0) is 37.4. The molecular formula is C48H36F2N4. The highest BCUT2D eigenvalue weighted by atomic mass is 19.1. The summed E-state index contributed by atoms with van der Waals surface area (Å²) in [5, 5.41) is 23.6. The molecule has 2 heterocycles. The molecule has 4 nitrogen and oxygen atoms in total. The summed E-state index contributed by atoms with van der Waals surface area (Å²) in [6.45, 7) is 8.36. The van der Waals surface area contributed by atoms with Crippen molar-refractivity contribution in [3.05, 3.63) is 160 Å². The number of nitrogens with zero attached hydrogens (tertiary/aromatic N) is 3. The van der Waals surface area contributed by atoms with Gasteiger partial charge in [0.15, 0.2) is 0 Å². The summed E-state index contributed by atoms with van der Waals surface area (Å²) in [4.78, 5) is 0. The Hall–Kier alpha value is -6.58. The maximum atomic E-state index is 16.7. The molecule has 1 aliphatic rings. The fourth-order valence-electron chi connectivity index (χ4n) is 8.57. The molecule has 1 aliphatic carbocycles. The molecule has 0 fully saturated rings. The number of aromatic nitrogens is 2. The van der Waals surface area contributed by atoms with Crippen LogP contribution in [0.15, 0.2) is 109 Å². The molecule has 0 amide bonds. The lowest BCUT2D eigenvalue weighted by Crippen LogP contribution is -2.14. The van der Waals surface area contributed by atoms with Crippen LogP contribution >= 0.6 is 0 Å². The van der Waals surface area contributed by atoms with Gasteiger partial charge in [-0.2, -0.15) is 5.26 Å². The Morgan fingerprint density at radius 2 is 1.20 bits per heavy atom. The summed E-state index contributed by atoms with van der Waals surface area (Å²) in [5.41, 5.74) is 10.4. The molecule has 0 aliphatic heterocycles. The zero-order valence-corrected chi connectivity index (χ0v) is 30.4. The first-order valence-corrected chi connectivity index (χ1v) is 18.2. The normalized spacial score (nSPS) is 13.8. The van der Waals surface area contributed by atoms with Crippen LogP contribution in [0, 0.1) is 55.1 Å². The number of fused-ring (bicyclic) bond motifs is 6. The van der Waals surface area contributed by atoms with Crippen LogP contribution in [-0.2, 0) is 6.42 Å². The van der Waals surface area contributed by atoms with Gasteiger partial charge < -0.3 is 14.5 Å². The zero-order valence-electron chi connectivity index (χ0n) is 30.4. The standard InChI is InChI=1S/C48H36F2N4/c1-27-13-17-41-33(21-27)34-22-28(2)14-18-42(34)53(41)47-37(25-51)45(31-9-5-7-11-39(31)49)38(26-52)48(46(47)32-10-6-8-12-40(32)50)54-43-19-15-29(3)23-35(43)36-24-30(4)16-20-44(36)54/h5-23,25,30,51H,24H2,1-4H3. The Balaban J connectivity index is 1.62. The molecular weight excluding hydrogens is 671 g/mol. The van der Waals surface area contributed by atoms with E-state index in [2.05, 4.69) is 97.5 Å². The summed E-state index contributed by atoms with van der Waals surface area (Å²) >= 11 is 0. The summed E-state index contributed by atoms with van der Waals surface area (Å²) < 4.78 is 37.2. The average Bonchev–Trinajstić information content (AvgIpc) is 3.64. The second kappa shape index (κ2) is 12.5. The number of nitriles is 1. The number of benzene rings is 6. The van der Waals surface area contributed by atoms with Gasteiger partial charge in [-0.1, -0.05) is 84.3 Å². The third-order valence-corrected chi connectivity index (χ3v) is 10.9. The maximum Gasteiger partial charge on any atom is 0.131 e. The lowest BCUT2D eigenvalue weighted by molar-refractivity contribution is 0.630. The van der Waals surface area contributed by atoms with Crippen molar-refractivity contribution in [2.75, 3.05) is 0 Å². The molecule has 262 valence electrons. The average molecular weight is 707 g/mol. The molecule has 1 N–H and O–H groups in total. The summed E-state index contributed by atoms with van der Waals surface area (Å²) in [5.74, 6) is -0.714. The van der Waals surface area contributed by atoms with Crippen LogP contribution < -0.4 is 0 Å². The predicted octanol–water partition coefficient (Wildman–Crippen LogP) is 12.3. The van der Waals surface area contributed by atoms with Crippen molar-refractivity contribution in [1.82, 2.24) is 9.13 Å². The van der Waals surface area contributed by atoms with Crippen LogP contribution in [0.3, 0.4) is 0 Å². The van der Waals surface area contributed by atoms with Gasteiger partial charge in [-0.05, 0) is 93.3 Å². The molecule has 1 unspecified atom stereocenters. The van der Waals surface area contributed by atoms with E-state index in [1.54, 1.807) is 36.4 Å². The Kier molecular flexibility index (Phi) is 7.72. The second-order valence-electron chi connectivity index (χ2n) is 14.6. The van der Waals surface area contributed by atoms with E-state index in [1.807, 2.05) is 12.1 Å². The highest BCUT2D eigenvalue weighted by Gasteiger charge is 2.33. The molecule has 0 radical (unpaired) electrons. The van der Waals surface area contributed by atoms with Gasteiger partial charge in [-0.25, -0.2) is 8.78 Å². The van der Waals surface area contributed by atoms with Crippen LogP contribution in [0.4, 0.5) is 8.78 Å². The summed E-state index contributed by atoms with van der Waals surface area (Å²) in [6, 6.07) is 34.3. The minimum atomic E-state index is -0.523. The van der Waals surface area contributed by atoms with Crippen molar-refractivity contribution in [2.45, 2.75) is 34.1 Å². The van der Waals surface area contributed by atoms with E-state index in [1.165, 1.54) is 18.3 Å². The van der Waals surface area contributed by atoms with E-state index >= 15 is 8.78 Å². The largest absolute Gasteiger partial charge is 0.308 e. The van der Waals surface area contributed by atoms with Gasteiger partial charge in [0.2, 0.25) is 0 Å². The Labute approximate surface area is 312 Å². The fraction of sp³-hybridized carbons (Fsp3) is 0.125. The molecule has 8 aromatic rings. The number of halogens is 2. The van der Waals surface area contributed by atoms with Crippen LogP contribution in [0.25, 0.3) is 72.4 Å². The molecule has 6 aromatic carbocycles. The third kappa shape index (κ3) is 4.89. The van der Waals surface area contributed by atoms with E-state index < -0.39 is 11.6 Å². The number of hydrogen-bond donors (Lipinski definition) is 1. The quantitative estimate of drug-likeness (QED) is 0.178. The number of hydrogen-bond acceptors (Lipinski definition) is 2. The highest BCUT2D eigenvalue weighted by Crippen LogP contribution is 2.49. The van der Waals surface area contributed by atoms with Gasteiger partial charge >= 0.3 is 0 Å². The van der Waals surface area contributed by atoms with Crippen molar-refractivity contribution in [2.24, 2.45) is 5.92 Å². The summed E-state index contributed by atoms with van der Waals surface area (Å²) in [6.07, 6.45) is 6.25. The second-order valence-corrected chi connectivity index (χ2v) is 14.6. The van der Waals surface area contributed by atoms with E-state index in [4.69, 9.17) is 5.41 Å². The molecule has 0 bridgehead atoms. The fourth-order valence-corrected chi connectivity index (χ4v) is 8.57. The van der Waals surface area contributed by atoms with Crippen molar-refractivity contribution in [3.63, 3.8) is 0 Å². The van der Waals surface area contributed by atoms with Crippen LogP contribution in [0.2, 0.25) is 0 Å². The molecule has 2 aromatic heterocycles. The van der Waals surface area contributed by atoms with Crippen LogP contribution in [-0.4, -0.2) is 15.3 Å². The van der Waals surface area contributed by atoms with Crippen molar-refractivity contribution in [1.29, 1.82) is 10.7 Å². The first-order valence-electron chi connectivity index (χ1n) is 18.2.